The summed E-state index contributed by atoms with van der Waals surface area (Å²) in [5, 5.41) is 7.48. The van der Waals surface area contributed by atoms with E-state index >= 15 is 0 Å². The van der Waals surface area contributed by atoms with E-state index < -0.39 is 10.0 Å². The molecule has 0 atom stereocenters. The van der Waals surface area contributed by atoms with Crippen molar-refractivity contribution in [1.29, 1.82) is 0 Å². The summed E-state index contributed by atoms with van der Waals surface area (Å²) in [6.45, 7) is 0. The highest BCUT2D eigenvalue weighted by atomic mass is 32.2. The predicted molar refractivity (Wildman–Crippen MR) is 59.0 cm³/mol. The number of nitrogens with two attached hydrogens (primary N) is 2. The van der Waals surface area contributed by atoms with Crippen molar-refractivity contribution in [3.63, 3.8) is 0 Å². The van der Waals surface area contributed by atoms with Crippen molar-refractivity contribution in [2.45, 2.75) is 0 Å². The lowest BCUT2D eigenvalue weighted by Crippen LogP contribution is -2.22. The summed E-state index contributed by atoms with van der Waals surface area (Å²) in [5.74, 6) is 0.148. The number of anilines is 2. The van der Waals surface area contributed by atoms with Gasteiger partial charge in [0.15, 0.2) is 0 Å². The van der Waals surface area contributed by atoms with E-state index in [9.17, 15) is 8.42 Å². The first-order valence-corrected chi connectivity index (χ1v) is 5.82. The maximum atomic E-state index is 10.7. The topological polar surface area (TPSA) is 107 Å². The molecule has 0 radical (unpaired) electrons. The van der Waals surface area contributed by atoms with Gasteiger partial charge in [-0.1, -0.05) is 0 Å². The van der Waals surface area contributed by atoms with Crippen LogP contribution in [0.4, 0.5) is 11.4 Å². The summed E-state index contributed by atoms with van der Waals surface area (Å²) >= 11 is 0. The largest absolute Gasteiger partial charge is 0.495 e. The maximum Gasteiger partial charge on any atom is 0.227 e. The second kappa shape index (κ2) is 4.37. The number of primary sulfonamides is 1. The Kier molecular flexibility index (Phi) is 3.38. The number of sulfonamides is 1. The van der Waals surface area contributed by atoms with Gasteiger partial charge in [-0.25, -0.2) is 13.6 Å². The Labute approximate surface area is 88.3 Å². The molecule has 0 aliphatic rings. The Balaban J connectivity index is 2.79. The van der Waals surface area contributed by atoms with Crippen LogP contribution in [-0.2, 0) is 10.0 Å². The zero-order chi connectivity index (χ0) is 11.5. The quantitative estimate of drug-likeness (QED) is 0.629. The van der Waals surface area contributed by atoms with Crippen LogP contribution in [0.5, 0.6) is 5.75 Å². The fraction of sp³-hybridized carbons (Fsp3) is 0.250. The second-order valence-electron chi connectivity index (χ2n) is 2.94. The number of rotatable bonds is 4. The monoisotopic (exact) mass is 231 g/mol. The Morgan fingerprint density at radius 2 is 2.13 bits per heavy atom. The molecule has 0 aliphatic heterocycles. The van der Waals surface area contributed by atoms with Crippen LogP contribution in [0.1, 0.15) is 0 Å². The third kappa shape index (κ3) is 3.64. The fourth-order valence-corrected chi connectivity index (χ4v) is 1.37. The fourth-order valence-electron chi connectivity index (χ4n) is 1.01. The van der Waals surface area contributed by atoms with Crippen LogP contribution in [0.3, 0.4) is 0 Å². The Morgan fingerprint density at radius 1 is 1.47 bits per heavy atom. The molecule has 15 heavy (non-hydrogen) atoms. The van der Waals surface area contributed by atoms with Gasteiger partial charge >= 0.3 is 0 Å². The van der Waals surface area contributed by atoms with Gasteiger partial charge < -0.3 is 15.8 Å². The molecule has 84 valence electrons. The van der Waals surface area contributed by atoms with Gasteiger partial charge in [0.05, 0.1) is 12.8 Å². The van der Waals surface area contributed by atoms with Crippen molar-refractivity contribution in [3.8, 4) is 5.75 Å². The standard InChI is InChI=1S/C8H13N3O3S/c1-14-8-4-6(2-3-7(8)9)11-5-15(10,12)13/h2-4,11H,5,9H2,1H3,(H2,10,12,13). The molecule has 0 unspecified atom stereocenters. The SMILES string of the molecule is COc1cc(NCS(N)(=O)=O)ccc1N. The molecule has 0 bridgehead atoms. The molecular formula is C8H13N3O3S. The molecule has 0 amide bonds. The first-order valence-electron chi connectivity index (χ1n) is 4.10. The number of ether oxygens (including phenoxy) is 1. The van der Waals surface area contributed by atoms with Crippen LogP contribution in [0.25, 0.3) is 0 Å². The molecule has 0 heterocycles. The molecule has 0 saturated carbocycles. The lowest BCUT2D eigenvalue weighted by Gasteiger charge is -2.08. The highest BCUT2D eigenvalue weighted by molar-refractivity contribution is 7.89. The van der Waals surface area contributed by atoms with Gasteiger partial charge in [0, 0.05) is 11.8 Å². The summed E-state index contributed by atoms with van der Waals surface area (Å²) in [4.78, 5) is 0. The minimum absolute atomic E-state index is 0.333. The van der Waals surface area contributed by atoms with Gasteiger partial charge in [-0.15, -0.1) is 0 Å². The van der Waals surface area contributed by atoms with Crippen LogP contribution in [0.15, 0.2) is 18.2 Å². The second-order valence-corrected chi connectivity index (χ2v) is 4.56. The molecule has 0 spiro atoms. The zero-order valence-corrected chi connectivity index (χ0v) is 9.04. The van der Waals surface area contributed by atoms with E-state index in [0.29, 0.717) is 17.1 Å². The average molecular weight is 231 g/mol. The van der Waals surface area contributed by atoms with Crippen LogP contribution >= 0.6 is 0 Å². The van der Waals surface area contributed by atoms with Gasteiger partial charge in [-0.05, 0) is 12.1 Å². The van der Waals surface area contributed by atoms with Gasteiger partial charge in [-0.3, -0.25) is 0 Å². The molecule has 1 aromatic rings. The van der Waals surface area contributed by atoms with Gasteiger partial charge in [-0.2, -0.15) is 0 Å². The number of nitrogen functional groups attached to an aromatic ring is 1. The number of hydrogen-bond donors (Lipinski definition) is 3. The number of methoxy groups -OCH3 is 1. The highest BCUT2D eigenvalue weighted by Crippen LogP contribution is 2.24. The molecule has 5 N–H and O–H groups in total. The molecular weight excluding hydrogens is 218 g/mol. The predicted octanol–water partition coefficient (Wildman–Crippen LogP) is -0.0647. The maximum absolute atomic E-state index is 10.7. The van der Waals surface area contributed by atoms with E-state index in [4.69, 9.17) is 15.6 Å². The molecule has 1 aromatic carbocycles. The van der Waals surface area contributed by atoms with Crippen molar-refractivity contribution in [1.82, 2.24) is 0 Å². The smallest absolute Gasteiger partial charge is 0.227 e. The van der Waals surface area contributed by atoms with E-state index in [1.54, 1.807) is 18.2 Å². The highest BCUT2D eigenvalue weighted by Gasteiger charge is 2.04. The molecule has 6 nitrogen and oxygen atoms in total. The number of nitrogens with one attached hydrogen (secondary N) is 1. The number of hydrogen-bond acceptors (Lipinski definition) is 5. The third-order valence-electron chi connectivity index (χ3n) is 1.71. The first kappa shape index (κ1) is 11.6. The number of benzene rings is 1. The van der Waals surface area contributed by atoms with Crippen LogP contribution < -0.4 is 20.9 Å². The lowest BCUT2D eigenvalue weighted by atomic mass is 10.2. The summed E-state index contributed by atoms with van der Waals surface area (Å²) in [5.41, 5.74) is 6.65. The molecule has 7 heteroatoms. The van der Waals surface area contributed by atoms with Gasteiger partial charge in [0.25, 0.3) is 0 Å². The minimum atomic E-state index is -3.54. The molecule has 0 saturated heterocycles. The van der Waals surface area contributed by atoms with E-state index in [2.05, 4.69) is 5.32 Å². The first-order chi connectivity index (χ1) is 6.92. The van der Waals surface area contributed by atoms with E-state index in [0.717, 1.165) is 0 Å². The van der Waals surface area contributed by atoms with E-state index in [-0.39, 0.29) is 5.88 Å². The molecule has 0 fully saturated rings. The van der Waals surface area contributed by atoms with Gasteiger partial charge in [0.1, 0.15) is 11.6 Å². The van der Waals surface area contributed by atoms with Crippen molar-refractivity contribution in [2.75, 3.05) is 24.0 Å². The normalized spacial score (nSPS) is 11.1. The minimum Gasteiger partial charge on any atom is -0.495 e. The van der Waals surface area contributed by atoms with Crippen LogP contribution in [0, 0.1) is 0 Å². The van der Waals surface area contributed by atoms with Crippen molar-refractivity contribution >= 4 is 21.4 Å². The van der Waals surface area contributed by atoms with Crippen LogP contribution in [0.2, 0.25) is 0 Å². The Morgan fingerprint density at radius 3 is 2.67 bits per heavy atom. The molecule has 0 aromatic heterocycles. The van der Waals surface area contributed by atoms with E-state index in [1.807, 2.05) is 0 Å². The molecule has 1 rings (SSSR count). The Hall–Kier alpha value is -1.47. The summed E-state index contributed by atoms with van der Waals surface area (Å²) in [6.07, 6.45) is 0. The zero-order valence-electron chi connectivity index (χ0n) is 8.23. The van der Waals surface area contributed by atoms with Crippen molar-refractivity contribution in [2.24, 2.45) is 5.14 Å². The van der Waals surface area contributed by atoms with Crippen LogP contribution in [-0.4, -0.2) is 21.4 Å². The average Bonchev–Trinajstić information content (AvgIpc) is 2.15. The van der Waals surface area contributed by atoms with E-state index in [1.165, 1.54) is 7.11 Å². The van der Waals surface area contributed by atoms with Gasteiger partial charge in [0.2, 0.25) is 10.0 Å². The molecule has 0 aliphatic carbocycles. The summed E-state index contributed by atoms with van der Waals surface area (Å²) in [6, 6.07) is 4.86. The Bertz CT molecular complexity index is 444. The van der Waals surface area contributed by atoms with Crippen molar-refractivity contribution < 1.29 is 13.2 Å². The lowest BCUT2D eigenvalue weighted by molar-refractivity contribution is 0.417. The van der Waals surface area contributed by atoms with Crippen molar-refractivity contribution in [3.05, 3.63) is 18.2 Å². The summed E-state index contributed by atoms with van der Waals surface area (Å²) in [7, 11) is -2.05. The third-order valence-corrected chi connectivity index (χ3v) is 2.26. The summed E-state index contributed by atoms with van der Waals surface area (Å²) < 4.78 is 26.3.